The maximum absolute atomic E-state index is 8.52. The summed E-state index contributed by atoms with van der Waals surface area (Å²) >= 11 is 0. The first-order chi connectivity index (χ1) is 5.86. The van der Waals surface area contributed by atoms with E-state index in [2.05, 4.69) is 11.1 Å². The van der Waals surface area contributed by atoms with E-state index in [9.17, 15) is 0 Å². The Kier molecular flexibility index (Phi) is 3.04. The number of hydrogen-bond donors (Lipinski definition) is 0. The highest BCUT2D eigenvalue weighted by molar-refractivity contribution is 5.62. The maximum atomic E-state index is 8.52. The highest BCUT2D eigenvalue weighted by Crippen LogP contribution is 2.11. The van der Waals surface area contributed by atoms with Crippen LogP contribution in [-0.2, 0) is 0 Å². The van der Waals surface area contributed by atoms with Crippen LogP contribution in [0.15, 0.2) is 29.3 Å². The molecule has 1 aromatic rings. The number of nitrogens with zero attached hydrogens (tertiary/aromatic N) is 2. The smallest absolute Gasteiger partial charge is 0.0991 e. The molecule has 2 nitrogen and oxygen atoms in total. The third-order valence-corrected chi connectivity index (χ3v) is 1.42. The van der Waals surface area contributed by atoms with Crippen LogP contribution in [0.4, 0.5) is 5.69 Å². The third kappa shape index (κ3) is 2.21. The minimum atomic E-state index is 0.672. The molecular weight excluding hydrogens is 148 g/mol. The molecule has 0 heterocycles. The van der Waals surface area contributed by atoms with E-state index in [0.717, 1.165) is 12.1 Å². The first kappa shape index (κ1) is 8.48. The summed E-state index contributed by atoms with van der Waals surface area (Å²) in [6, 6.07) is 9.27. The number of hydrogen-bond acceptors (Lipinski definition) is 2. The molecule has 0 radical (unpaired) electrons. The highest BCUT2D eigenvalue weighted by atomic mass is 14.7. The number of nitriles is 1. The molecule has 0 amide bonds. The molecule has 1 rings (SSSR count). The van der Waals surface area contributed by atoms with Crippen LogP contribution in [0, 0.1) is 11.3 Å². The molecule has 12 heavy (non-hydrogen) atoms. The Labute approximate surface area is 72.2 Å². The Morgan fingerprint density at radius 2 is 2.08 bits per heavy atom. The van der Waals surface area contributed by atoms with Crippen molar-refractivity contribution in [3.05, 3.63) is 29.8 Å². The average molecular weight is 158 g/mol. The van der Waals surface area contributed by atoms with Gasteiger partial charge in [-0.05, 0) is 30.7 Å². The van der Waals surface area contributed by atoms with E-state index < -0.39 is 0 Å². The normalized spacial score (nSPS) is 10.0. The van der Waals surface area contributed by atoms with Gasteiger partial charge in [0.25, 0.3) is 0 Å². The van der Waals surface area contributed by atoms with Gasteiger partial charge in [0.1, 0.15) is 0 Å². The molecule has 0 saturated carbocycles. The summed E-state index contributed by atoms with van der Waals surface area (Å²) in [5, 5.41) is 8.52. The van der Waals surface area contributed by atoms with Crippen molar-refractivity contribution >= 4 is 11.9 Å². The average Bonchev–Trinajstić information content (AvgIpc) is 2.15. The first-order valence-corrected chi connectivity index (χ1v) is 3.89. The Bertz CT molecular complexity index is 304. The van der Waals surface area contributed by atoms with Crippen molar-refractivity contribution in [2.45, 2.75) is 13.3 Å². The lowest BCUT2D eigenvalue weighted by atomic mass is 10.2. The van der Waals surface area contributed by atoms with E-state index in [0.29, 0.717) is 5.56 Å². The molecule has 2 heteroatoms. The zero-order valence-electron chi connectivity index (χ0n) is 6.99. The van der Waals surface area contributed by atoms with Gasteiger partial charge in [0.15, 0.2) is 0 Å². The third-order valence-electron chi connectivity index (χ3n) is 1.42. The van der Waals surface area contributed by atoms with Gasteiger partial charge in [-0.2, -0.15) is 5.26 Å². The molecule has 60 valence electrons. The quantitative estimate of drug-likeness (QED) is 0.609. The van der Waals surface area contributed by atoms with Gasteiger partial charge in [0, 0.05) is 6.21 Å². The van der Waals surface area contributed by atoms with E-state index in [4.69, 9.17) is 5.26 Å². The summed E-state index contributed by atoms with van der Waals surface area (Å²) in [5.74, 6) is 0. The van der Waals surface area contributed by atoms with Crippen molar-refractivity contribution in [2.24, 2.45) is 4.99 Å². The van der Waals surface area contributed by atoms with Gasteiger partial charge >= 0.3 is 0 Å². The maximum Gasteiger partial charge on any atom is 0.0991 e. The molecule has 0 aliphatic heterocycles. The molecule has 0 fully saturated rings. The fourth-order valence-corrected chi connectivity index (χ4v) is 0.819. The SMILES string of the molecule is CCC=Nc1ccc(C#N)cc1. The van der Waals surface area contributed by atoms with Crippen LogP contribution in [0.1, 0.15) is 18.9 Å². The first-order valence-electron chi connectivity index (χ1n) is 3.89. The lowest BCUT2D eigenvalue weighted by Crippen LogP contribution is -1.72. The zero-order valence-corrected chi connectivity index (χ0v) is 6.99. The van der Waals surface area contributed by atoms with Gasteiger partial charge in [0.05, 0.1) is 17.3 Å². The fraction of sp³-hybridized carbons (Fsp3) is 0.200. The summed E-state index contributed by atoms with van der Waals surface area (Å²) in [6.45, 7) is 2.03. The topological polar surface area (TPSA) is 36.1 Å². The Morgan fingerprint density at radius 1 is 1.42 bits per heavy atom. The summed E-state index contributed by atoms with van der Waals surface area (Å²) in [6.07, 6.45) is 2.78. The van der Waals surface area contributed by atoms with Gasteiger partial charge in [-0.1, -0.05) is 6.92 Å². The minimum Gasteiger partial charge on any atom is -0.261 e. The van der Waals surface area contributed by atoms with E-state index in [1.54, 1.807) is 12.1 Å². The van der Waals surface area contributed by atoms with Crippen molar-refractivity contribution in [1.29, 1.82) is 5.26 Å². The van der Waals surface area contributed by atoms with Crippen LogP contribution >= 0.6 is 0 Å². The molecule has 0 spiro atoms. The molecule has 0 aliphatic carbocycles. The molecule has 0 atom stereocenters. The zero-order chi connectivity index (χ0) is 8.81. The van der Waals surface area contributed by atoms with Crippen LogP contribution in [0.5, 0.6) is 0 Å². The van der Waals surface area contributed by atoms with Crippen LogP contribution in [0.2, 0.25) is 0 Å². The van der Waals surface area contributed by atoms with Gasteiger partial charge < -0.3 is 0 Å². The largest absolute Gasteiger partial charge is 0.261 e. The minimum absolute atomic E-state index is 0.672. The van der Waals surface area contributed by atoms with E-state index in [1.165, 1.54) is 0 Å². The molecule has 0 aromatic heterocycles. The van der Waals surface area contributed by atoms with E-state index in [1.807, 2.05) is 25.3 Å². The highest BCUT2D eigenvalue weighted by Gasteiger charge is 1.88. The van der Waals surface area contributed by atoms with Crippen molar-refractivity contribution in [1.82, 2.24) is 0 Å². The second-order valence-corrected chi connectivity index (χ2v) is 2.38. The van der Waals surface area contributed by atoms with Crippen LogP contribution in [0.25, 0.3) is 0 Å². The molecule has 0 unspecified atom stereocenters. The van der Waals surface area contributed by atoms with Crippen molar-refractivity contribution in [3.8, 4) is 6.07 Å². The second kappa shape index (κ2) is 4.30. The molecule has 0 aliphatic rings. The van der Waals surface area contributed by atoms with Gasteiger partial charge in [0.2, 0.25) is 0 Å². The monoisotopic (exact) mass is 158 g/mol. The van der Waals surface area contributed by atoms with Crippen molar-refractivity contribution in [3.63, 3.8) is 0 Å². The fourth-order valence-electron chi connectivity index (χ4n) is 0.819. The van der Waals surface area contributed by atoms with Crippen molar-refractivity contribution in [2.75, 3.05) is 0 Å². The molecule has 0 saturated heterocycles. The summed E-state index contributed by atoms with van der Waals surface area (Å²) in [4.78, 5) is 4.17. The van der Waals surface area contributed by atoms with Gasteiger partial charge in [-0.3, -0.25) is 4.99 Å². The predicted octanol–water partition coefficient (Wildman–Crippen LogP) is 2.67. The Morgan fingerprint density at radius 3 is 2.58 bits per heavy atom. The summed E-state index contributed by atoms with van der Waals surface area (Å²) in [7, 11) is 0. The van der Waals surface area contributed by atoms with E-state index in [-0.39, 0.29) is 0 Å². The van der Waals surface area contributed by atoms with Crippen LogP contribution in [-0.4, -0.2) is 6.21 Å². The van der Waals surface area contributed by atoms with E-state index >= 15 is 0 Å². The predicted molar refractivity (Wildman–Crippen MR) is 49.6 cm³/mol. The Hall–Kier alpha value is -1.62. The van der Waals surface area contributed by atoms with Gasteiger partial charge in [-0.25, -0.2) is 0 Å². The Balaban J connectivity index is 2.80. The lowest BCUT2D eigenvalue weighted by Gasteiger charge is -1.91. The van der Waals surface area contributed by atoms with Crippen LogP contribution in [0.3, 0.4) is 0 Å². The number of rotatable bonds is 2. The summed E-state index contributed by atoms with van der Waals surface area (Å²) in [5.41, 5.74) is 1.57. The summed E-state index contributed by atoms with van der Waals surface area (Å²) < 4.78 is 0. The molecule has 0 bridgehead atoms. The van der Waals surface area contributed by atoms with Gasteiger partial charge in [-0.15, -0.1) is 0 Å². The number of benzene rings is 1. The molecule has 0 N–H and O–H groups in total. The molecule has 1 aromatic carbocycles. The second-order valence-electron chi connectivity index (χ2n) is 2.38. The van der Waals surface area contributed by atoms with Crippen LogP contribution < -0.4 is 0 Å². The van der Waals surface area contributed by atoms with Crippen molar-refractivity contribution < 1.29 is 0 Å². The lowest BCUT2D eigenvalue weighted by molar-refractivity contribution is 1.31. The molecular formula is C10H10N2. The number of aliphatic imine (C=N–C) groups is 1. The standard InChI is InChI=1S/C10H10N2/c1-2-7-12-10-5-3-9(8-11)4-6-10/h3-7H,2H2,1H3.